The molecule has 1 atom stereocenters. The predicted octanol–water partition coefficient (Wildman–Crippen LogP) is 7.51. The lowest BCUT2D eigenvalue weighted by Gasteiger charge is -2.46. The molecule has 1 saturated carbocycles. The molecule has 6 rings (SSSR count). The van der Waals surface area contributed by atoms with Gasteiger partial charge in [0.2, 0.25) is 0 Å². The van der Waals surface area contributed by atoms with Crippen molar-refractivity contribution in [1.29, 1.82) is 0 Å². The molecule has 1 N–H and O–H groups in total. The number of likely N-dealkylation sites (tertiary alicyclic amines) is 1. The first-order chi connectivity index (χ1) is 23.2. The molecule has 4 aromatic rings. The van der Waals surface area contributed by atoms with Crippen LogP contribution >= 0.6 is 11.6 Å². The first-order valence-corrected chi connectivity index (χ1v) is 21.6. The number of fused-ring (bicyclic) bond motifs is 1. The van der Waals surface area contributed by atoms with Gasteiger partial charge in [-0.25, -0.2) is 8.78 Å². The summed E-state index contributed by atoms with van der Waals surface area (Å²) in [5.41, 5.74) is 2.70. The molecule has 1 aliphatic heterocycles. The van der Waals surface area contributed by atoms with Crippen LogP contribution in [0.3, 0.4) is 0 Å². The summed E-state index contributed by atoms with van der Waals surface area (Å²) in [6.07, 6.45) is 4.81. The van der Waals surface area contributed by atoms with Crippen LogP contribution in [0.5, 0.6) is 0 Å². The second kappa shape index (κ2) is 14.3. The van der Waals surface area contributed by atoms with Crippen LogP contribution in [0.2, 0.25) is 30.7 Å². The summed E-state index contributed by atoms with van der Waals surface area (Å²) in [6.45, 7) is 14.5. The standard InChI is InChI=1S/C36H50ClF2N7O2Si/c1-24-8-7-9-44(19-24)20-29-15-30-31(37)21-45(34(47)33(30)46(29)23-48-10-11-49(4,5)6)28-13-26(12-27(14-28)40-18-32(38)39)36(16-25(2)17-36)35-42-41-22-43(35)3/h12-15,21-22,24-25,32,40H,7-11,16-20,23H2,1-6H3/t24-,25?,36?/m0/s1. The van der Waals surface area contributed by atoms with Gasteiger partial charge in [-0.1, -0.05) is 45.1 Å². The molecule has 0 bridgehead atoms. The van der Waals surface area contributed by atoms with Gasteiger partial charge in [0, 0.05) is 57.8 Å². The first kappa shape index (κ1) is 35.8. The SMILES string of the molecule is CC1CC(c2cc(NCC(F)F)cc(-n3cc(Cl)c4cc(CN5CCC[C@H](C)C5)n(COCC[Si](C)(C)C)c4c3=O)c2)(c2nncn2C)C1. The molecule has 4 heterocycles. The minimum absolute atomic E-state index is 0.238. The molecule has 0 amide bonds. The van der Waals surface area contributed by atoms with Gasteiger partial charge in [-0.3, -0.25) is 14.3 Å². The van der Waals surface area contributed by atoms with Crippen LogP contribution in [-0.4, -0.2) is 69.5 Å². The highest BCUT2D eigenvalue weighted by Gasteiger charge is 2.48. The number of hydrogen-bond acceptors (Lipinski definition) is 6. The number of rotatable bonds is 13. The quantitative estimate of drug-likeness (QED) is 0.114. The lowest BCUT2D eigenvalue weighted by atomic mass is 9.58. The lowest BCUT2D eigenvalue weighted by molar-refractivity contribution is 0.0848. The van der Waals surface area contributed by atoms with Crippen molar-refractivity contribution in [3.8, 4) is 5.69 Å². The van der Waals surface area contributed by atoms with E-state index >= 15 is 0 Å². The van der Waals surface area contributed by atoms with E-state index in [1.807, 2.05) is 34.4 Å². The average molecular weight is 714 g/mol. The zero-order valence-electron chi connectivity index (χ0n) is 29.6. The van der Waals surface area contributed by atoms with Crippen molar-refractivity contribution >= 4 is 36.3 Å². The molecule has 1 aromatic carbocycles. The maximum absolute atomic E-state index is 14.7. The van der Waals surface area contributed by atoms with Gasteiger partial charge in [-0.05, 0) is 79.9 Å². The molecule has 266 valence electrons. The van der Waals surface area contributed by atoms with Crippen molar-refractivity contribution in [1.82, 2.24) is 28.8 Å². The van der Waals surface area contributed by atoms with Gasteiger partial charge in [-0.15, -0.1) is 10.2 Å². The molecule has 49 heavy (non-hydrogen) atoms. The summed E-state index contributed by atoms with van der Waals surface area (Å²) in [4.78, 5) is 17.1. The van der Waals surface area contributed by atoms with Crippen molar-refractivity contribution in [2.75, 3.05) is 31.6 Å². The summed E-state index contributed by atoms with van der Waals surface area (Å²) in [7, 11) is 0.595. The Morgan fingerprint density at radius 3 is 2.57 bits per heavy atom. The maximum Gasteiger partial charge on any atom is 0.279 e. The summed E-state index contributed by atoms with van der Waals surface area (Å²) in [6, 6.07) is 8.68. The van der Waals surface area contributed by atoms with Crippen molar-refractivity contribution < 1.29 is 13.5 Å². The fraction of sp³-hybridized carbons (Fsp3) is 0.583. The molecule has 2 fully saturated rings. The molecule has 1 saturated heterocycles. The second-order valence-electron chi connectivity index (χ2n) is 15.7. The monoisotopic (exact) mass is 713 g/mol. The number of aromatic nitrogens is 5. The third-order valence-electron chi connectivity index (χ3n) is 10.2. The first-order valence-electron chi connectivity index (χ1n) is 17.5. The Kier molecular flexibility index (Phi) is 10.4. The smallest absolute Gasteiger partial charge is 0.279 e. The van der Waals surface area contributed by atoms with Crippen LogP contribution in [0.4, 0.5) is 14.5 Å². The number of halogens is 3. The number of benzene rings is 1. The predicted molar refractivity (Wildman–Crippen MR) is 195 cm³/mol. The summed E-state index contributed by atoms with van der Waals surface area (Å²) >= 11 is 7.03. The van der Waals surface area contributed by atoms with E-state index in [4.69, 9.17) is 16.3 Å². The Hall–Kier alpha value is -3.06. The Labute approximate surface area is 293 Å². The van der Waals surface area contributed by atoms with E-state index in [2.05, 4.69) is 53.9 Å². The van der Waals surface area contributed by atoms with Crippen molar-refractivity contribution in [3.05, 3.63) is 69.2 Å². The van der Waals surface area contributed by atoms with Crippen molar-refractivity contribution in [2.24, 2.45) is 18.9 Å². The molecule has 3 aromatic heterocycles. The summed E-state index contributed by atoms with van der Waals surface area (Å²) in [5.74, 6) is 1.87. The van der Waals surface area contributed by atoms with E-state index < -0.39 is 26.5 Å². The number of aryl methyl sites for hydroxylation is 1. The van der Waals surface area contributed by atoms with E-state index in [1.165, 1.54) is 6.42 Å². The molecule has 9 nitrogen and oxygen atoms in total. The highest BCUT2D eigenvalue weighted by atomic mass is 35.5. The third-order valence-corrected chi connectivity index (χ3v) is 12.2. The van der Waals surface area contributed by atoms with Gasteiger partial charge in [0.15, 0.2) is 0 Å². The van der Waals surface area contributed by atoms with Crippen LogP contribution in [-0.2, 0) is 30.5 Å². The van der Waals surface area contributed by atoms with E-state index in [9.17, 15) is 13.6 Å². The fourth-order valence-corrected chi connectivity index (χ4v) is 8.75. The normalized spacial score (nSPS) is 21.8. The number of hydrogen-bond donors (Lipinski definition) is 1. The van der Waals surface area contributed by atoms with Gasteiger partial charge >= 0.3 is 0 Å². The van der Waals surface area contributed by atoms with E-state index in [0.717, 1.165) is 55.5 Å². The Morgan fingerprint density at radius 1 is 1.14 bits per heavy atom. The highest BCUT2D eigenvalue weighted by Crippen LogP contribution is 2.52. The van der Waals surface area contributed by atoms with Gasteiger partial charge in [0.05, 0.1) is 22.7 Å². The highest BCUT2D eigenvalue weighted by molar-refractivity contribution is 6.76. The molecule has 2 aliphatic rings. The molecular weight excluding hydrogens is 664 g/mol. The number of ether oxygens (including phenoxy) is 1. The molecule has 1 aliphatic carbocycles. The molecule has 0 spiro atoms. The third kappa shape index (κ3) is 7.67. The van der Waals surface area contributed by atoms with Gasteiger partial charge in [0.25, 0.3) is 12.0 Å². The van der Waals surface area contributed by atoms with Crippen LogP contribution in [0.1, 0.15) is 56.6 Å². The largest absolute Gasteiger partial charge is 0.379 e. The van der Waals surface area contributed by atoms with Crippen molar-refractivity contribution in [3.63, 3.8) is 0 Å². The molecule has 0 radical (unpaired) electrons. The lowest BCUT2D eigenvalue weighted by Crippen LogP contribution is -2.43. The van der Waals surface area contributed by atoms with Gasteiger partial charge < -0.3 is 19.2 Å². The number of alkyl halides is 2. The van der Waals surface area contributed by atoms with E-state index in [-0.39, 0.29) is 12.3 Å². The summed E-state index contributed by atoms with van der Waals surface area (Å²) in [5, 5.41) is 12.7. The maximum atomic E-state index is 14.7. The second-order valence-corrected chi connectivity index (χ2v) is 21.7. The summed E-state index contributed by atoms with van der Waals surface area (Å²) < 4.78 is 38.6. The van der Waals surface area contributed by atoms with Crippen LogP contribution < -0.4 is 10.9 Å². The van der Waals surface area contributed by atoms with Crippen LogP contribution in [0.15, 0.2) is 41.6 Å². The van der Waals surface area contributed by atoms with Gasteiger partial charge in [0.1, 0.15) is 24.4 Å². The number of anilines is 1. The zero-order valence-corrected chi connectivity index (χ0v) is 31.4. The van der Waals surface area contributed by atoms with E-state index in [0.29, 0.717) is 52.3 Å². The minimum Gasteiger partial charge on any atom is -0.379 e. The van der Waals surface area contributed by atoms with Crippen LogP contribution in [0.25, 0.3) is 16.6 Å². The van der Waals surface area contributed by atoms with E-state index in [1.54, 1.807) is 23.2 Å². The number of nitrogens with zero attached hydrogens (tertiary/aromatic N) is 6. The minimum atomic E-state index is -2.54. The molecule has 0 unspecified atom stereocenters. The molecule has 13 heteroatoms. The Bertz CT molecular complexity index is 1840. The number of piperidine rings is 1. The van der Waals surface area contributed by atoms with Gasteiger partial charge in [-0.2, -0.15) is 0 Å². The number of pyridine rings is 1. The Balaban J connectivity index is 1.47. The molecular formula is C36H50ClF2N7O2Si. The van der Waals surface area contributed by atoms with Crippen molar-refractivity contribution in [2.45, 2.75) is 90.3 Å². The fourth-order valence-electron chi connectivity index (χ4n) is 7.75. The topological polar surface area (TPSA) is 82.1 Å². The zero-order chi connectivity index (χ0) is 35.1. The average Bonchev–Trinajstić information content (AvgIpc) is 3.61. The van der Waals surface area contributed by atoms with Crippen LogP contribution in [0, 0.1) is 11.8 Å². The number of nitrogens with one attached hydrogen (secondary N) is 1. The Morgan fingerprint density at radius 2 is 1.92 bits per heavy atom.